The Balaban J connectivity index is 1.93. The van der Waals surface area contributed by atoms with Gasteiger partial charge in [0.05, 0.1) is 10.5 Å². The van der Waals surface area contributed by atoms with Gasteiger partial charge < -0.3 is 5.73 Å². The molecule has 0 amide bonds. The number of halogens is 1. The molecule has 2 N–H and O–H groups in total. The van der Waals surface area contributed by atoms with Crippen molar-refractivity contribution in [2.45, 2.75) is 17.6 Å². The molecular weight excluding hydrogens is 300 g/mol. The Bertz CT molecular complexity index is 802. The molecule has 0 atom stereocenters. The lowest BCUT2D eigenvalue weighted by atomic mass is 10.1. The van der Waals surface area contributed by atoms with E-state index in [1.165, 1.54) is 10.9 Å². The van der Waals surface area contributed by atoms with Crippen molar-refractivity contribution in [3.05, 3.63) is 64.8 Å². The van der Waals surface area contributed by atoms with Gasteiger partial charge in [-0.05, 0) is 42.8 Å². The molecule has 0 spiro atoms. The van der Waals surface area contributed by atoms with Gasteiger partial charge in [0, 0.05) is 27.4 Å². The molecule has 0 fully saturated rings. The lowest BCUT2D eigenvalue weighted by Crippen LogP contribution is -1.91. The van der Waals surface area contributed by atoms with E-state index >= 15 is 0 Å². The number of thioether (sulfide) groups is 1. The van der Waals surface area contributed by atoms with Crippen molar-refractivity contribution in [1.82, 2.24) is 4.98 Å². The van der Waals surface area contributed by atoms with Crippen LogP contribution in [0.2, 0.25) is 5.02 Å². The second-order valence-corrected chi connectivity index (χ2v) is 6.34. The third kappa shape index (κ3) is 3.14. The van der Waals surface area contributed by atoms with Crippen LogP contribution in [0.1, 0.15) is 11.3 Å². The van der Waals surface area contributed by atoms with Gasteiger partial charge in [0.25, 0.3) is 0 Å². The zero-order chi connectivity index (χ0) is 14.8. The van der Waals surface area contributed by atoms with E-state index in [1.54, 1.807) is 11.8 Å². The minimum Gasteiger partial charge on any atom is -0.399 e. The van der Waals surface area contributed by atoms with Gasteiger partial charge in [0.2, 0.25) is 0 Å². The van der Waals surface area contributed by atoms with Crippen molar-refractivity contribution in [3.8, 4) is 0 Å². The number of rotatable bonds is 3. The van der Waals surface area contributed by atoms with Crippen LogP contribution in [0.15, 0.2) is 53.4 Å². The normalized spacial score (nSPS) is 11.0. The molecule has 106 valence electrons. The standard InChI is InChI=1S/C17H15ClN2S/c1-11-8-12(14-4-2-3-5-16(14)20-11)10-21-17-9-13(19)6-7-15(17)18/h2-9H,10,19H2,1H3. The number of benzene rings is 2. The van der Waals surface area contributed by atoms with Crippen LogP contribution in [0.3, 0.4) is 0 Å². The lowest BCUT2D eigenvalue weighted by molar-refractivity contribution is 1.23. The summed E-state index contributed by atoms with van der Waals surface area (Å²) in [6, 6.07) is 15.9. The second-order valence-electron chi connectivity index (χ2n) is 4.92. The first-order valence-corrected chi connectivity index (χ1v) is 8.03. The number of para-hydroxylation sites is 1. The molecule has 0 radical (unpaired) electrons. The van der Waals surface area contributed by atoms with Crippen LogP contribution in [0.25, 0.3) is 10.9 Å². The topological polar surface area (TPSA) is 38.9 Å². The Kier molecular flexibility index (Phi) is 4.04. The first kappa shape index (κ1) is 14.2. The predicted molar refractivity (Wildman–Crippen MR) is 91.9 cm³/mol. The Labute approximate surface area is 133 Å². The van der Waals surface area contributed by atoms with Crippen molar-refractivity contribution >= 4 is 40.0 Å². The van der Waals surface area contributed by atoms with Crippen LogP contribution in [0, 0.1) is 6.92 Å². The van der Waals surface area contributed by atoms with E-state index < -0.39 is 0 Å². The maximum Gasteiger partial charge on any atom is 0.0708 e. The van der Waals surface area contributed by atoms with Gasteiger partial charge in [0.15, 0.2) is 0 Å². The molecule has 21 heavy (non-hydrogen) atoms. The molecule has 0 aliphatic heterocycles. The number of hydrogen-bond acceptors (Lipinski definition) is 3. The average molecular weight is 315 g/mol. The molecule has 0 saturated heterocycles. The fraction of sp³-hybridized carbons (Fsp3) is 0.118. The summed E-state index contributed by atoms with van der Waals surface area (Å²) >= 11 is 7.92. The van der Waals surface area contributed by atoms with Gasteiger partial charge in [-0.3, -0.25) is 4.98 Å². The number of aryl methyl sites for hydroxylation is 1. The van der Waals surface area contributed by atoms with E-state index in [4.69, 9.17) is 17.3 Å². The molecule has 1 heterocycles. The molecule has 0 bridgehead atoms. The summed E-state index contributed by atoms with van der Waals surface area (Å²) in [5, 5.41) is 1.93. The number of fused-ring (bicyclic) bond motifs is 1. The second kappa shape index (κ2) is 5.96. The van der Waals surface area contributed by atoms with E-state index in [0.29, 0.717) is 0 Å². The molecule has 2 nitrogen and oxygen atoms in total. The van der Waals surface area contributed by atoms with E-state index in [-0.39, 0.29) is 0 Å². The van der Waals surface area contributed by atoms with E-state index in [0.717, 1.165) is 32.6 Å². The third-order valence-corrected chi connectivity index (χ3v) is 4.81. The Morgan fingerprint density at radius 1 is 1.14 bits per heavy atom. The van der Waals surface area contributed by atoms with E-state index in [1.807, 2.05) is 43.3 Å². The summed E-state index contributed by atoms with van der Waals surface area (Å²) in [7, 11) is 0. The van der Waals surface area contributed by atoms with Gasteiger partial charge >= 0.3 is 0 Å². The van der Waals surface area contributed by atoms with Crippen LogP contribution < -0.4 is 5.73 Å². The van der Waals surface area contributed by atoms with Gasteiger partial charge in [-0.2, -0.15) is 0 Å². The Morgan fingerprint density at radius 3 is 2.81 bits per heavy atom. The number of aromatic nitrogens is 1. The van der Waals surface area contributed by atoms with E-state index in [2.05, 4.69) is 17.1 Å². The number of nitrogens with zero attached hydrogens (tertiary/aromatic N) is 1. The van der Waals surface area contributed by atoms with Crippen molar-refractivity contribution in [2.75, 3.05) is 5.73 Å². The number of nitrogens with two attached hydrogens (primary N) is 1. The highest BCUT2D eigenvalue weighted by Gasteiger charge is 2.07. The maximum atomic E-state index is 6.22. The summed E-state index contributed by atoms with van der Waals surface area (Å²) in [6.07, 6.45) is 0. The van der Waals surface area contributed by atoms with Crippen LogP contribution in [0.4, 0.5) is 5.69 Å². The molecule has 0 saturated carbocycles. The summed E-state index contributed by atoms with van der Waals surface area (Å²) in [5.41, 5.74) is 9.89. The summed E-state index contributed by atoms with van der Waals surface area (Å²) in [5.74, 6) is 0.840. The SMILES string of the molecule is Cc1cc(CSc2cc(N)ccc2Cl)c2ccccc2n1. The molecule has 2 aromatic carbocycles. The molecule has 3 rings (SSSR count). The number of nitrogen functional groups attached to an aromatic ring is 1. The Hall–Kier alpha value is -1.71. The van der Waals surface area contributed by atoms with Gasteiger partial charge in [-0.1, -0.05) is 29.8 Å². The van der Waals surface area contributed by atoms with Crippen LogP contribution in [-0.4, -0.2) is 4.98 Å². The molecular formula is C17H15ClN2S. The fourth-order valence-electron chi connectivity index (χ4n) is 2.30. The largest absolute Gasteiger partial charge is 0.399 e. The molecule has 0 unspecified atom stereocenters. The van der Waals surface area contributed by atoms with Gasteiger partial charge in [0.1, 0.15) is 0 Å². The molecule has 4 heteroatoms. The first-order valence-electron chi connectivity index (χ1n) is 6.66. The minimum absolute atomic E-state index is 0.734. The molecule has 3 aromatic rings. The monoisotopic (exact) mass is 314 g/mol. The van der Waals surface area contributed by atoms with Crippen molar-refractivity contribution in [3.63, 3.8) is 0 Å². The average Bonchev–Trinajstić information content (AvgIpc) is 2.47. The summed E-state index contributed by atoms with van der Waals surface area (Å²) < 4.78 is 0. The van der Waals surface area contributed by atoms with Gasteiger partial charge in [-0.15, -0.1) is 11.8 Å². The first-order chi connectivity index (χ1) is 10.1. The predicted octanol–water partition coefficient (Wildman–Crippen LogP) is 5.07. The zero-order valence-electron chi connectivity index (χ0n) is 11.6. The van der Waals surface area contributed by atoms with Crippen LogP contribution in [-0.2, 0) is 5.75 Å². The molecule has 0 aliphatic carbocycles. The number of anilines is 1. The maximum absolute atomic E-state index is 6.22. The smallest absolute Gasteiger partial charge is 0.0708 e. The van der Waals surface area contributed by atoms with Crippen LogP contribution >= 0.6 is 23.4 Å². The quantitative estimate of drug-likeness (QED) is 0.542. The molecule has 1 aromatic heterocycles. The third-order valence-electron chi connectivity index (χ3n) is 3.27. The number of hydrogen-bond donors (Lipinski definition) is 1. The van der Waals surface area contributed by atoms with Gasteiger partial charge in [-0.25, -0.2) is 0 Å². The molecule has 0 aliphatic rings. The fourth-order valence-corrected chi connectivity index (χ4v) is 3.56. The van der Waals surface area contributed by atoms with E-state index in [9.17, 15) is 0 Å². The van der Waals surface area contributed by atoms with Crippen LogP contribution in [0.5, 0.6) is 0 Å². The summed E-state index contributed by atoms with van der Waals surface area (Å²) in [6.45, 7) is 2.02. The highest BCUT2D eigenvalue weighted by molar-refractivity contribution is 7.98. The van der Waals surface area contributed by atoms with Crippen molar-refractivity contribution in [2.24, 2.45) is 0 Å². The highest BCUT2D eigenvalue weighted by Crippen LogP contribution is 2.33. The lowest BCUT2D eigenvalue weighted by Gasteiger charge is -2.09. The van der Waals surface area contributed by atoms with Crippen molar-refractivity contribution in [1.29, 1.82) is 0 Å². The van der Waals surface area contributed by atoms with Crippen molar-refractivity contribution < 1.29 is 0 Å². The number of pyridine rings is 1. The highest BCUT2D eigenvalue weighted by atomic mass is 35.5. The summed E-state index contributed by atoms with van der Waals surface area (Å²) in [4.78, 5) is 5.58. The Morgan fingerprint density at radius 2 is 1.95 bits per heavy atom. The minimum atomic E-state index is 0.734. The zero-order valence-corrected chi connectivity index (χ0v) is 13.2.